The van der Waals surface area contributed by atoms with Crippen molar-refractivity contribution in [3.63, 3.8) is 0 Å². The van der Waals surface area contributed by atoms with Gasteiger partial charge < -0.3 is 14.2 Å². The maximum atomic E-state index is 12.7. The molecular formula is C21H18ClN3O2S. The van der Waals surface area contributed by atoms with Crippen LogP contribution in [0.1, 0.15) is 0 Å². The first-order valence-electron chi connectivity index (χ1n) is 9.15. The Bertz CT molecular complexity index is 1240. The molecule has 1 aliphatic rings. The summed E-state index contributed by atoms with van der Waals surface area (Å²) in [6, 6.07) is 13.6. The highest BCUT2D eigenvalue weighted by atomic mass is 35.5. The number of likely N-dealkylation sites (N-methyl/N-ethyl adjacent to an activating group) is 1. The van der Waals surface area contributed by atoms with Gasteiger partial charge >= 0.3 is 5.63 Å². The Hall–Kier alpha value is -2.41. The van der Waals surface area contributed by atoms with Gasteiger partial charge in [-0.05, 0) is 37.4 Å². The third kappa shape index (κ3) is 3.07. The molecule has 5 rings (SSSR count). The molecule has 0 radical (unpaired) electrons. The maximum Gasteiger partial charge on any atom is 0.346 e. The van der Waals surface area contributed by atoms with Crippen LogP contribution >= 0.6 is 22.9 Å². The van der Waals surface area contributed by atoms with Crippen molar-refractivity contribution >= 4 is 49.8 Å². The number of benzene rings is 2. The molecule has 1 fully saturated rings. The second-order valence-electron chi connectivity index (χ2n) is 7.07. The molecule has 0 bridgehead atoms. The number of para-hydroxylation sites is 1. The van der Waals surface area contributed by atoms with E-state index in [9.17, 15) is 4.79 Å². The Morgan fingerprint density at radius 2 is 1.93 bits per heavy atom. The van der Waals surface area contributed by atoms with Crippen LogP contribution < -0.4 is 10.5 Å². The number of anilines is 1. The summed E-state index contributed by atoms with van der Waals surface area (Å²) in [5, 5.41) is 2.10. The fraction of sp³-hybridized carbons (Fsp3) is 0.238. The monoisotopic (exact) mass is 411 g/mol. The second-order valence-corrected chi connectivity index (χ2v) is 8.50. The number of rotatable bonds is 2. The van der Waals surface area contributed by atoms with Gasteiger partial charge in [0.05, 0.1) is 15.3 Å². The van der Waals surface area contributed by atoms with Crippen molar-refractivity contribution in [2.24, 2.45) is 0 Å². The van der Waals surface area contributed by atoms with E-state index in [0.717, 1.165) is 42.0 Å². The molecule has 0 spiro atoms. The molecule has 7 heteroatoms. The van der Waals surface area contributed by atoms with E-state index in [2.05, 4.69) is 27.9 Å². The van der Waals surface area contributed by atoms with Crippen LogP contribution in [0.3, 0.4) is 0 Å². The normalized spacial score (nSPS) is 15.6. The number of piperazine rings is 1. The van der Waals surface area contributed by atoms with Crippen LogP contribution in [0.5, 0.6) is 0 Å². The van der Waals surface area contributed by atoms with Crippen LogP contribution in [0.4, 0.5) is 5.69 Å². The molecule has 2 aromatic carbocycles. The van der Waals surface area contributed by atoms with Crippen molar-refractivity contribution in [1.82, 2.24) is 9.88 Å². The Balaban J connectivity index is 1.56. The van der Waals surface area contributed by atoms with Gasteiger partial charge in [-0.25, -0.2) is 9.78 Å². The van der Waals surface area contributed by atoms with Gasteiger partial charge in [0.25, 0.3) is 0 Å². The van der Waals surface area contributed by atoms with E-state index in [1.807, 2.05) is 30.3 Å². The van der Waals surface area contributed by atoms with Crippen LogP contribution in [0.25, 0.3) is 31.8 Å². The molecule has 1 aliphatic heterocycles. The van der Waals surface area contributed by atoms with Crippen molar-refractivity contribution in [2.75, 3.05) is 38.1 Å². The molecule has 28 heavy (non-hydrogen) atoms. The highest BCUT2D eigenvalue weighted by molar-refractivity contribution is 7.21. The van der Waals surface area contributed by atoms with Crippen LogP contribution in [-0.2, 0) is 0 Å². The molecule has 0 aliphatic carbocycles. The number of halogens is 1. The van der Waals surface area contributed by atoms with Crippen molar-refractivity contribution in [2.45, 2.75) is 0 Å². The lowest BCUT2D eigenvalue weighted by atomic mass is 10.1. The molecule has 1 saturated heterocycles. The van der Waals surface area contributed by atoms with Gasteiger partial charge in [0.15, 0.2) is 0 Å². The minimum atomic E-state index is -0.377. The van der Waals surface area contributed by atoms with Crippen LogP contribution in [0.2, 0.25) is 5.02 Å². The lowest BCUT2D eigenvalue weighted by molar-refractivity contribution is 0.313. The predicted molar refractivity (Wildman–Crippen MR) is 116 cm³/mol. The van der Waals surface area contributed by atoms with Gasteiger partial charge in [0, 0.05) is 43.3 Å². The topological polar surface area (TPSA) is 49.6 Å². The summed E-state index contributed by atoms with van der Waals surface area (Å²) in [7, 11) is 2.13. The highest BCUT2D eigenvalue weighted by Crippen LogP contribution is 2.33. The lowest BCUT2D eigenvalue weighted by Gasteiger charge is -2.34. The molecule has 0 atom stereocenters. The third-order valence-electron chi connectivity index (χ3n) is 5.19. The first kappa shape index (κ1) is 17.7. The lowest BCUT2D eigenvalue weighted by Crippen LogP contribution is -2.44. The van der Waals surface area contributed by atoms with Crippen molar-refractivity contribution < 1.29 is 4.42 Å². The maximum absolute atomic E-state index is 12.7. The first-order valence-corrected chi connectivity index (χ1v) is 10.3. The summed E-state index contributed by atoms with van der Waals surface area (Å²) in [6.07, 6.45) is 0. The van der Waals surface area contributed by atoms with Crippen molar-refractivity contribution in [3.05, 3.63) is 57.9 Å². The number of aromatic nitrogens is 1. The predicted octanol–water partition coefficient (Wildman–Crippen LogP) is 4.47. The first-order chi connectivity index (χ1) is 13.6. The van der Waals surface area contributed by atoms with Gasteiger partial charge in [0.1, 0.15) is 16.1 Å². The average molecular weight is 412 g/mol. The molecule has 0 saturated carbocycles. The average Bonchev–Trinajstić information content (AvgIpc) is 3.13. The molecule has 3 heterocycles. The Morgan fingerprint density at radius 1 is 1.11 bits per heavy atom. The Kier molecular flexibility index (Phi) is 4.34. The smallest absolute Gasteiger partial charge is 0.346 e. The molecule has 5 nitrogen and oxygen atoms in total. The number of nitrogens with zero attached hydrogens (tertiary/aromatic N) is 3. The summed E-state index contributed by atoms with van der Waals surface area (Å²) < 4.78 is 6.62. The van der Waals surface area contributed by atoms with E-state index in [0.29, 0.717) is 26.7 Å². The standard InChI is InChI=1S/C21H18ClN3O2S/c1-24-7-9-25(10-8-24)14-6-5-13-11-15(21(26)27-17(13)12-14)20-23-19-16(22)3-2-4-18(19)28-20/h2-6,11-12H,7-10H2,1H3. The van der Waals surface area contributed by atoms with E-state index < -0.39 is 0 Å². The fourth-order valence-corrected chi connectivity index (χ4v) is 4.81. The molecule has 4 aromatic rings. The summed E-state index contributed by atoms with van der Waals surface area (Å²) >= 11 is 7.67. The zero-order chi connectivity index (χ0) is 19.3. The Morgan fingerprint density at radius 3 is 2.71 bits per heavy atom. The van der Waals surface area contributed by atoms with Crippen LogP contribution in [0, 0.1) is 0 Å². The largest absolute Gasteiger partial charge is 0.422 e. The van der Waals surface area contributed by atoms with Gasteiger partial charge in [-0.2, -0.15) is 0 Å². The SMILES string of the molecule is CN1CCN(c2ccc3cc(-c4nc5c(Cl)cccc5s4)c(=O)oc3c2)CC1. The molecule has 0 N–H and O–H groups in total. The minimum absolute atomic E-state index is 0.377. The highest BCUT2D eigenvalue weighted by Gasteiger charge is 2.17. The second kappa shape index (κ2) is 6.88. The third-order valence-corrected chi connectivity index (χ3v) is 6.55. The van der Waals surface area contributed by atoms with Gasteiger partial charge in [0.2, 0.25) is 0 Å². The number of thiazole rings is 1. The zero-order valence-electron chi connectivity index (χ0n) is 15.3. The zero-order valence-corrected chi connectivity index (χ0v) is 16.9. The summed E-state index contributed by atoms with van der Waals surface area (Å²) in [4.78, 5) is 21.9. The minimum Gasteiger partial charge on any atom is -0.422 e. The van der Waals surface area contributed by atoms with E-state index >= 15 is 0 Å². The number of hydrogen-bond donors (Lipinski definition) is 0. The van der Waals surface area contributed by atoms with Crippen LogP contribution in [-0.4, -0.2) is 43.1 Å². The van der Waals surface area contributed by atoms with Gasteiger partial charge in [-0.15, -0.1) is 11.3 Å². The molecular weight excluding hydrogens is 394 g/mol. The Labute approximate surface area is 170 Å². The molecule has 142 valence electrons. The summed E-state index contributed by atoms with van der Waals surface area (Å²) in [5.41, 5.74) is 2.50. The molecule has 0 amide bonds. The number of hydrogen-bond acceptors (Lipinski definition) is 6. The van der Waals surface area contributed by atoms with E-state index in [1.165, 1.54) is 11.3 Å². The summed E-state index contributed by atoms with van der Waals surface area (Å²) in [5.74, 6) is 0. The fourth-order valence-electron chi connectivity index (χ4n) is 3.54. The van der Waals surface area contributed by atoms with Gasteiger partial charge in [-0.3, -0.25) is 0 Å². The van der Waals surface area contributed by atoms with E-state index in [-0.39, 0.29) is 5.63 Å². The van der Waals surface area contributed by atoms with E-state index in [1.54, 1.807) is 6.07 Å². The van der Waals surface area contributed by atoms with Gasteiger partial charge in [-0.1, -0.05) is 17.7 Å². The van der Waals surface area contributed by atoms with Crippen LogP contribution in [0.15, 0.2) is 51.7 Å². The van der Waals surface area contributed by atoms with E-state index in [4.69, 9.17) is 16.0 Å². The molecule has 0 unspecified atom stereocenters. The van der Waals surface area contributed by atoms with Crippen molar-refractivity contribution in [3.8, 4) is 10.6 Å². The molecule has 2 aromatic heterocycles. The summed E-state index contributed by atoms with van der Waals surface area (Å²) in [6.45, 7) is 4.00. The number of fused-ring (bicyclic) bond motifs is 2. The quantitative estimate of drug-likeness (QED) is 0.455. The van der Waals surface area contributed by atoms with Crippen molar-refractivity contribution in [1.29, 1.82) is 0 Å².